The Morgan fingerprint density at radius 1 is 1.39 bits per heavy atom. The number of likely N-dealkylation sites (tertiary alicyclic amines) is 1. The first kappa shape index (κ1) is 17.3. The van der Waals surface area contributed by atoms with E-state index in [0.717, 1.165) is 31.7 Å². The number of hydrogen-bond donors (Lipinski definition) is 2. The fraction of sp³-hybridized carbons (Fsp3) is 0.615. The molecule has 2 N–H and O–H groups in total. The van der Waals surface area contributed by atoms with Crippen LogP contribution < -0.4 is 5.32 Å². The summed E-state index contributed by atoms with van der Waals surface area (Å²) < 4.78 is 33.7. The Labute approximate surface area is 130 Å². The molecule has 23 heavy (non-hydrogen) atoms. The monoisotopic (exact) mass is 334 g/mol. The summed E-state index contributed by atoms with van der Waals surface area (Å²) in [5.74, 6) is -2.49. The summed E-state index contributed by atoms with van der Waals surface area (Å²) in [4.78, 5) is 22.4. The minimum atomic E-state index is -5.08. The Morgan fingerprint density at radius 2 is 2.04 bits per heavy atom. The standard InChI is InChI=1S/C11H16N4O.C2HF3O2/c1-14-10-6-12-5-8(10)9(13-14)7-15-4-2-3-11(15)16;3-2(4,5)1(6)7/h12H,2-7H2,1H3;(H,6,7). The molecule has 0 radical (unpaired) electrons. The summed E-state index contributed by atoms with van der Waals surface area (Å²) in [6.07, 6.45) is -3.39. The molecule has 0 aromatic carbocycles. The molecule has 10 heteroatoms. The number of amides is 1. The summed E-state index contributed by atoms with van der Waals surface area (Å²) in [6, 6.07) is 0. The molecule has 1 aromatic rings. The average molecular weight is 334 g/mol. The van der Waals surface area contributed by atoms with Crippen molar-refractivity contribution in [1.29, 1.82) is 0 Å². The zero-order valence-corrected chi connectivity index (χ0v) is 12.5. The molecule has 0 atom stereocenters. The van der Waals surface area contributed by atoms with Crippen LogP contribution in [0.15, 0.2) is 0 Å². The zero-order chi connectivity index (χ0) is 17.2. The highest BCUT2D eigenvalue weighted by atomic mass is 19.4. The van der Waals surface area contributed by atoms with E-state index in [-0.39, 0.29) is 5.91 Å². The van der Waals surface area contributed by atoms with Gasteiger partial charge < -0.3 is 15.3 Å². The van der Waals surface area contributed by atoms with Crippen molar-refractivity contribution in [3.8, 4) is 0 Å². The van der Waals surface area contributed by atoms with Crippen LogP contribution in [0, 0.1) is 0 Å². The Hall–Kier alpha value is -2.10. The quantitative estimate of drug-likeness (QED) is 0.834. The SMILES string of the molecule is Cn1nc(CN2CCCC2=O)c2c1CNC2.O=C(O)C(F)(F)F. The highest BCUT2D eigenvalue weighted by Crippen LogP contribution is 2.22. The summed E-state index contributed by atoms with van der Waals surface area (Å²) in [7, 11) is 1.97. The molecular formula is C13H17F3N4O3. The average Bonchev–Trinajstić information content (AvgIpc) is 3.12. The van der Waals surface area contributed by atoms with Crippen LogP contribution in [0.2, 0.25) is 0 Å². The zero-order valence-electron chi connectivity index (χ0n) is 12.5. The van der Waals surface area contributed by atoms with E-state index < -0.39 is 12.1 Å². The lowest BCUT2D eigenvalue weighted by Gasteiger charge is -2.14. The number of alkyl halides is 3. The molecular weight excluding hydrogens is 317 g/mol. The largest absolute Gasteiger partial charge is 0.490 e. The molecule has 3 heterocycles. The van der Waals surface area contributed by atoms with Crippen molar-refractivity contribution in [2.75, 3.05) is 6.54 Å². The number of aliphatic carboxylic acids is 1. The lowest BCUT2D eigenvalue weighted by Crippen LogP contribution is -2.24. The molecule has 1 saturated heterocycles. The van der Waals surface area contributed by atoms with Crippen LogP contribution in [0.25, 0.3) is 0 Å². The van der Waals surface area contributed by atoms with Crippen molar-refractivity contribution < 1.29 is 27.9 Å². The highest BCUT2D eigenvalue weighted by Gasteiger charge is 2.38. The first-order valence-electron chi connectivity index (χ1n) is 7.02. The molecule has 7 nitrogen and oxygen atoms in total. The van der Waals surface area contributed by atoms with Gasteiger partial charge in [0.2, 0.25) is 5.91 Å². The second kappa shape index (κ2) is 6.57. The molecule has 2 aliphatic rings. The fourth-order valence-electron chi connectivity index (χ4n) is 2.57. The van der Waals surface area contributed by atoms with Gasteiger partial charge in [0.25, 0.3) is 0 Å². The van der Waals surface area contributed by atoms with Gasteiger partial charge in [0.05, 0.1) is 17.9 Å². The van der Waals surface area contributed by atoms with Crippen LogP contribution in [0.1, 0.15) is 29.8 Å². The van der Waals surface area contributed by atoms with E-state index in [2.05, 4.69) is 10.4 Å². The number of aryl methyl sites for hydroxylation is 1. The molecule has 0 aliphatic carbocycles. The van der Waals surface area contributed by atoms with E-state index in [1.807, 2.05) is 16.6 Å². The van der Waals surface area contributed by atoms with Gasteiger partial charge in [-0.15, -0.1) is 0 Å². The second-order valence-electron chi connectivity index (χ2n) is 5.32. The maximum atomic E-state index is 11.6. The predicted molar refractivity (Wildman–Crippen MR) is 72.1 cm³/mol. The number of carboxylic acid groups (broad SMARTS) is 1. The number of rotatable bonds is 2. The Morgan fingerprint density at radius 3 is 2.57 bits per heavy atom. The van der Waals surface area contributed by atoms with E-state index >= 15 is 0 Å². The number of nitrogens with zero attached hydrogens (tertiary/aromatic N) is 3. The van der Waals surface area contributed by atoms with Gasteiger partial charge in [-0.3, -0.25) is 9.48 Å². The molecule has 0 spiro atoms. The summed E-state index contributed by atoms with van der Waals surface area (Å²) in [6.45, 7) is 3.36. The normalized spacial score (nSPS) is 17.0. The predicted octanol–water partition coefficient (Wildman–Crippen LogP) is 0.779. The smallest absolute Gasteiger partial charge is 0.475 e. The topological polar surface area (TPSA) is 87.5 Å². The van der Waals surface area contributed by atoms with Gasteiger partial charge in [0, 0.05) is 38.7 Å². The summed E-state index contributed by atoms with van der Waals surface area (Å²) in [5, 5.41) is 15.0. The minimum absolute atomic E-state index is 0.269. The van der Waals surface area contributed by atoms with E-state index in [1.165, 1.54) is 11.3 Å². The number of hydrogen-bond acceptors (Lipinski definition) is 4. The molecule has 1 fully saturated rings. The number of aromatic nitrogens is 2. The van der Waals surface area contributed by atoms with Crippen molar-refractivity contribution in [2.45, 2.75) is 38.7 Å². The molecule has 2 aliphatic heterocycles. The van der Waals surface area contributed by atoms with E-state index in [9.17, 15) is 18.0 Å². The second-order valence-corrected chi connectivity index (χ2v) is 5.32. The van der Waals surface area contributed by atoms with Gasteiger partial charge >= 0.3 is 12.1 Å². The Balaban J connectivity index is 0.000000236. The number of carbonyl (C=O) groups excluding carboxylic acids is 1. The number of halogens is 3. The van der Waals surface area contributed by atoms with Crippen molar-refractivity contribution in [1.82, 2.24) is 20.0 Å². The third-order valence-electron chi connectivity index (χ3n) is 3.71. The first-order valence-corrected chi connectivity index (χ1v) is 7.02. The van der Waals surface area contributed by atoms with Crippen molar-refractivity contribution >= 4 is 11.9 Å². The molecule has 3 rings (SSSR count). The van der Waals surface area contributed by atoms with Crippen molar-refractivity contribution in [3.05, 3.63) is 17.0 Å². The molecule has 0 saturated carbocycles. The van der Waals surface area contributed by atoms with Crippen LogP contribution in [-0.2, 0) is 36.3 Å². The molecule has 0 bridgehead atoms. The van der Waals surface area contributed by atoms with Gasteiger partial charge in [-0.1, -0.05) is 0 Å². The van der Waals surface area contributed by atoms with Gasteiger partial charge in [0.1, 0.15) is 0 Å². The third-order valence-corrected chi connectivity index (χ3v) is 3.71. The molecule has 128 valence electrons. The van der Waals surface area contributed by atoms with E-state index in [0.29, 0.717) is 13.0 Å². The maximum absolute atomic E-state index is 11.6. The first-order chi connectivity index (χ1) is 10.7. The maximum Gasteiger partial charge on any atom is 0.490 e. The molecule has 1 aromatic heterocycles. The van der Waals surface area contributed by atoms with Crippen LogP contribution in [0.3, 0.4) is 0 Å². The van der Waals surface area contributed by atoms with E-state index in [4.69, 9.17) is 9.90 Å². The highest BCUT2D eigenvalue weighted by molar-refractivity contribution is 5.78. The Bertz CT molecular complexity index is 612. The molecule has 1 amide bonds. The van der Waals surface area contributed by atoms with E-state index in [1.54, 1.807) is 0 Å². The van der Waals surface area contributed by atoms with Crippen molar-refractivity contribution in [2.24, 2.45) is 7.05 Å². The number of carboxylic acids is 1. The summed E-state index contributed by atoms with van der Waals surface area (Å²) in [5.41, 5.74) is 3.63. The lowest BCUT2D eigenvalue weighted by atomic mass is 10.2. The molecule has 0 unspecified atom stereocenters. The van der Waals surface area contributed by atoms with Gasteiger partial charge in [0.15, 0.2) is 0 Å². The van der Waals surface area contributed by atoms with Crippen LogP contribution in [0.5, 0.6) is 0 Å². The fourth-order valence-corrected chi connectivity index (χ4v) is 2.57. The van der Waals surface area contributed by atoms with Crippen molar-refractivity contribution in [3.63, 3.8) is 0 Å². The van der Waals surface area contributed by atoms with Gasteiger partial charge in [-0.2, -0.15) is 18.3 Å². The Kier molecular flexibility index (Phi) is 4.93. The number of fused-ring (bicyclic) bond motifs is 1. The van der Waals surface area contributed by atoms with Crippen LogP contribution in [-0.4, -0.2) is 44.4 Å². The van der Waals surface area contributed by atoms with Gasteiger partial charge in [-0.25, -0.2) is 4.79 Å². The van der Waals surface area contributed by atoms with Crippen LogP contribution in [0.4, 0.5) is 13.2 Å². The number of carbonyl (C=O) groups is 2. The lowest BCUT2D eigenvalue weighted by molar-refractivity contribution is -0.192. The minimum Gasteiger partial charge on any atom is -0.475 e. The number of nitrogens with one attached hydrogen (secondary N) is 1. The third kappa shape index (κ3) is 4.01. The summed E-state index contributed by atoms with van der Waals surface area (Å²) >= 11 is 0. The van der Waals surface area contributed by atoms with Gasteiger partial charge in [-0.05, 0) is 6.42 Å². The van der Waals surface area contributed by atoms with Crippen LogP contribution >= 0.6 is 0 Å².